The standard InChI is InChI=1S/C23H29N5/c1-17-24-21-16-20(18-8-4-2-5-9-18)26-22(21)23(25-17)28-14-10-19(11-15-28)27-12-6-3-7-13-27/h2,4-5,8-9,16,19,26H,3,6-7,10-15H2,1H3. The number of benzene rings is 1. The van der Waals surface area contributed by atoms with Gasteiger partial charge in [-0.05, 0) is 57.3 Å². The molecule has 2 aliphatic heterocycles. The van der Waals surface area contributed by atoms with Crippen LogP contribution < -0.4 is 4.90 Å². The van der Waals surface area contributed by atoms with Gasteiger partial charge in [-0.3, -0.25) is 0 Å². The van der Waals surface area contributed by atoms with E-state index < -0.39 is 0 Å². The van der Waals surface area contributed by atoms with Crippen molar-refractivity contribution in [2.45, 2.75) is 45.1 Å². The minimum Gasteiger partial charge on any atom is -0.355 e. The van der Waals surface area contributed by atoms with Gasteiger partial charge in [0.1, 0.15) is 11.3 Å². The van der Waals surface area contributed by atoms with E-state index >= 15 is 0 Å². The average molecular weight is 376 g/mol. The van der Waals surface area contributed by atoms with Crippen LogP contribution in [-0.2, 0) is 0 Å². The molecule has 0 amide bonds. The molecule has 0 saturated carbocycles. The van der Waals surface area contributed by atoms with Crippen molar-refractivity contribution in [3.63, 3.8) is 0 Å². The van der Waals surface area contributed by atoms with E-state index in [1.54, 1.807) is 0 Å². The molecule has 146 valence electrons. The zero-order valence-corrected chi connectivity index (χ0v) is 16.7. The van der Waals surface area contributed by atoms with Crippen LogP contribution in [0.5, 0.6) is 0 Å². The summed E-state index contributed by atoms with van der Waals surface area (Å²) in [5.74, 6) is 1.92. The lowest BCUT2D eigenvalue weighted by atomic mass is 10.00. The molecule has 0 spiro atoms. The molecule has 2 fully saturated rings. The Bertz CT molecular complexity index is 934. The molecule has 28 heavy (non-hydrogen) atoms. The Kier molecular flexibility index (Phi) is 4.77. The highest BCUT2D eigenvalue weighted by molar-refractivity contribution is 5.90. The van der Waals surface area contributed by atoms with E-state index in [0.29, 0.717) is 0 Å². The van der Waals surface area contributed by atoms with E-state index in [2.05, 4.69) is 50.1 Å². The van der Waals surface area contributed by atoms with Crippen molar-refractivity contribution in [3.05, 3.63) is 42.2 Å². The minimum absolute atomic E-state index is 0.749. The molecule has 0 radical (unpaired) electrons. The van der Waals surface area contributed by atoms with Gasteiger partial charge in [-0.25, -0.2) is 9.97 Å². The van der Waals surface area contributed by atoms with Crippen molar-refractivity contribution in [2.24, 2.45) is 0 Å². The number of H-pyrrole nitrogens is 1. The van der Waals surface area contributed by atoms with Crippen molar-refractivity contribution in [1.29, 1.82) is 0 Å². The number of nitrogens with one attached hydrogen (secondary N) is 1. The zero-order valence-electron chi connectivity index (χ0n) is 16.7. The van der Waals surface area contributed by atoms with Crippen molar-refractivity contribution >= 4 is 16.9 Å². The highest BCUT2D eigenvalue weighted by Gasteiger charge is 2.27. The fourth-order valence-corrected chi connectivity index (χ4v) is 4.84. The molecule has 0 bridgehead atoms. The maximum atomic E-state index is 4.84. The van der Waals surface area contributed by atoms with E-state index in [9.17, 15) is 0 Å². The van der Waals surface area contributed by atoms with Gasteiger partial charge in [0.25, 0.3) is 0 Å². The van der Waals surface area contributed by atoms with E-state index in [4.69, 9.17) is 4.98 Å². The molecule has 0 aliphatic carbocycles. The van der Waals surface area contributed by atoms with Crippen LogP contribution in [0.2, 0.25) is 0 Å². The Morgan fingerprint density at radius 2 is 1.68 bits per heavy atom. The van der Waals surface area contributed by atoms with E-state index in [-0.39, 0.29) is 0 Å². The van der Waals surface area contributed by atoms with Crippen LogP contribution in [-0.4, -0.2) is 52.1 Å². The number of aromatic amines is 1. The van der Waals surface area contributed by atoms with Gasteiger partial charge in [-0.15, -0.1) is 0 Å². The summed E-state index contributed by atoms with van der Waals surface area (Å²) in [5, 5.41) is 0. The van der Waals surface area contributed by atoms with Crippen LogP contribution in [0, 0.1) is 6.92 Å². The van der Waals surface area contributed by atoms with Crippen LogP contribution in [0.3, 0.4) is 0 Å². The lowest BCUT2D eigenvalue weighted by molar-refractivity contribution is 0.141. The van der Waals surface area contributed by atoms with E-state index in [1.807, 2.05) is 13.0 Å². The van der Waals surface area contributed by atoms with Gasteiger partial charge < -0.3 is 14.8 Å². The lowest BCUT2D eigenvalue weighted by Gasteiger charge is -2.40. The van der Waals surface area contributed by atoms with Crippen molar-refractivity contribution in [3.8, 4) is 11.3 Å². The van der Waals surface area contributed by atoms with Crippen LogP contribution in [0.4, 0.5) is 5.82 Å². The largest absolute Gasteiger partial charge is 0.355 e. The van der Waals surface area contributed by atoms with E-state index in [1.165, 1.54) is 50.8 Å². The molecule has 4 heterocycles. The Labute approximate surface area is 166 Å². The highest BCUT2D eigenvalue weighted by atomic mass is 15.2. The molecule has 2 aliphatic rings. The van der Waals surface area contributed by atoms with Crippen LogP contribution in [0.15, 0.2) is 36.4 Å². The van der Waals surface area contributed by atoms with Crippen LogP contribution in [0.25, 0.3) is 22.3 Å². The summed E-state index contributed by atoms with van der Waals surface area (Å²) in [6, 6.07) is 13.4. The fourth-order valence-electron chi connectivity index (χ4n) is 4.84. The summed E-state index contributed by atoms with van der Waals surface area (Å²) < 4.78 is 0. The molecule has 2 saturated heterocycles. The third kappa shape index (κ3) is 3.39. The van der Waals surface area contributed by atoms with E-state index in [0.717, 1.165) is 47.5 Å². The minimum atomic E-state index is 0.749. The molecule has 3 aromatic rings. The van der Waals surface area contributed by atoms with Crippen molar-refractivity contribution in [1.82, 2.24) is 19.9 Å². The summed E-state index contributed by atoms with van der Waals surface area (Å²) in [4.78, 5) is 18.3. The molecule has 0 atom stereocenters. The van der Waals surface area contributed by atoms with Gasteiger partial charge in [0.05, 0.1) is 5.52 Å². The van der Waals surface area contributed by atoms with Crippen molar-refractivity contribution in [2.75, 3.05) is 31.1 Å². The Hall–Kier alpha value is -2.40. The summed E-state index contributed by atoms with van der Waals surface area (Å²) >= 11 is 0. The SMILES string of the molecule is Cc1nc(N2CCC(N3CCCCC3)CC2)c2[nH]c(-c3ccccc3)cc2n1. The first-order valence-electron chi connectivity index (χ1n) is 10.7. The number of likely N-dealkylation sites (tertiary alicyclic amines) is 1. The molecular weight excluding hydrogens is 346 g/mol. The topological polar surface area (TPSA) is 48.1 Å². The second-order valence-corrected chi connectivity index (χ2v) is 8.22. The van der Waals surface area contributed by atoms with Gasteiger partial charge in [0, 0.05) is 24.8 Å². The third-order valence-electron chi connectivity index (χ3n) is 6.33. The fraction of sp³-hybridized carbons (Fsp3) is 0.478. The van der Waals surface area contributed by atoms with Gasteiger partial charge in [-0.2, -0.15) is 0 Å². The molecule has 5 rings (SSSR count). The number of hydrogen-bond acceptors (Lipinski definition) is 4. The van der Waals surface area contributed by atoms with Gasteiger partial charge in [0.2, 0.25) is 0 Å². The summed E-state index contributed by atoms with van der Waals surface area (Å²) in [6.07, 6.45) is 6.62. The quantitative estimate of drug-likeness (QED) is 0.738. The van der Waals surface area contributed by atoms with Crippen LogP contribution >= 0.6 is 0 Å². The number of aromatic nitrogens is 3. The Morgan fingerprint density at radius 1 is 0.929 bits per heavy atom. The smallest absolute Gasteiger partial charge is 0.156 e. The van der Waals surface area contributed by atoms with Crippen molar-refractivity contribution < 1.29 is 0 Å². The Morgan fingerprint density at radius 3 is 2.43 bits per heavy atom. The zero-order chi connectivity index (χ0) is 18.9. The number of aryl methyl sites for hydroxylation is 1. The first-order chi connectivity index (χ1) is 13.8. The molecule has 5 nitrogen and oxygen atoms in total. The number of rotatable bonds is 3. The normalized spacial score (nSPS) is 19.4. The first kappa shape index (κ1) is 17.7. The molecule has 1 aromatic carbocycles. The molecule has 2 aromatic heterocycles. The summed E-state index contributed by atoms with van der Waals surface area (Å²) in [7, 11) is 0. The highest BCUT2D eigenvalue weighted by Crippen LogP contribution is 2.31. The van der Waals surface area contributed by atoms with Crippen LogP contribution in [0.1, 0.15) is 37.9 Å². The molecule has 1 N–H and O–H groups in total. The predicted octanol–water partition coefficient (Wildman–Crippen LogP) is 4.39. The maximum absolute atomic E-state index is 4.84. The van der Waals surface area contributed by atoms with Gasteiger partial charge in [0.15, 0.2) is 5.82 Å². The second kappa shape index (κ2) is 7.55. The maximum Gasteiger partial charge on any atom is 0.156 e. The lowest BCUT2D eigenvalue weighted by Crippen LogP contribution is -2.47. The average Bonchev–Trinajstić information content (AvgIpc) is 3.18. The van der Waals surface area contributed by atoms with Gasteiger partial charge >= 0.3 is 0 Å². The second-order valence-electron chi connectivity index (χ2n) is 8.22. The molecule has 5 heteroatoms. The first-order valence-corrected chi connectivity index (χ1v) is 10.7. The number of fused-ring (bicyclic) bond motifs is 1. The number of hydrogen-bond donors (Lipinski definition) is 1. The Balaban J connectivity index is 1.40. The number of piperidine rings is 2. The third-order valence-corrected chi connectivity index (χ3v) is 6.33. The number of anilines is 1. The predicted molar refractivity (Wildman–Crippen MR) is 115 cm³/mol. The summed E-state index contributed by atoms with van der Waals surface area (Å²) in [5.41, 5.74) is 4.38. The van der Waals surface area contributed by atoms with Gasteiger partial charge in [-0.1, -0.05) is 36.8 Å². The summed E-state index contributed by atoms with van der Waals surface area (Å²) in [6.45, 7) is 6.73. The molecular formula is C23H29N5. The molecule has 0 unspecified atom stereocenters. The number of nitrogens with zero attached hydrogens (tertiary/aromatic N) is 4. The monoisotopic (exact) mass is 375 g/mol.